The van der Waals surface area contributed by atoms with E-state index in [9.17, 15) is 0 Å². The van der Waals surface area contributed by atoms with Crippen LogP contribution in [0.15, 0.2) is 46.7 Å². The lowest BCUT2D eigenvalue weighted by molar-refractivity contribution is 0.634. The summed E-state index contributed by atoms with van der Waals surface area (Å²) in [6.07, 6.45) is 3.07. The van der Waals surface area contributed by atoms with Crippen LogP contribution in [0.2, 0.25) is 5.02 Å². The van der Waals surface area contributed by atoms with Crippen LogP contribution in [0.3, 0.4) is 0 Å². The summed E-state index contributed by atoms with van der Waals surface area (Å²) in [5.41, 5.74) is 0.930. The molecule has 0 aliphatic heterocycles. The molecule has 7 heteroatoms. The molecule has 1 N–H and O–H groups in total. The number of nitrogens with one attached hydrogen (secondary N) is 1. The Morgan fingerprint density at radius 3 is 2.90 bits per heavy atom. The normalized spacial score (nSPS) is 10.2. The van der Waals surface area contributed by atoms with Crippen LogP contribution in [-0.4, -0.2) is 34.1 Å². The predicted molar refractivity (Wildman–Crippen MR) is 87.5 cm³/mol. The van der Waals surface area contributed by atoms with Gasteiger partial charge < -0.3 is 10.2 Å². The molecule has 0 amide bonds. The monoisotopic (exact) mass is 324 g/mol. The molecule has 0 fully saturated rings. The highest BCUT2D eigenvalue weighted by molar-refractivity contribution is 7.99. The average molecular weight is 325 g/mol. The summed E-state index contributed by atoms with van der Waals surface area (Å²) in [4.78, 5) is 10.9. The standard InChI is InChI=1S/C13H13ClN4S2/c1-18(2)13(19)17-9-4-3-5-10(6-9)20-12-11(14)7-15-8-16-12/h3-8H,1-2H3,(H,17,19). The molecule has 1 aromatic heterocycles. The Morgan fingerprint density at radius 1 is 1.40 bits per heavy atom. The van der Waals surface area contributed by atoms with Crippen molar-refractivity contribution in [1.82, 2.24) is 14.9 Å². The number of thiocarbonyl (C=S) groups is 1. The fourth-order valence-corrected chi connectivity index (χ4v) is 2.51. The van der Waals surface area contributed by atoms with Crippen LogP contribution in [0.4, 0.5) is 5.69 Å². The van der Waals surface area contributed by atoms with Gasteiger partial charge in [-0.1, -0.05) is 29.4 Å². The lowest BCUT2D eigenvalue weighted by atomic mass is 10.3. The predicted octanol–water partition coefficient (Wildman–Crippen LogP) is 3.54. The van der Waals surface area contributed by atoms with Gasteiger partial charge in [0.1, 0.15) is 11.4 Å². The summed E-state index contributed by atoms with van der Waals surface area (Å²) in [6.45, 7) is 0. The summed E-state index contributed by atoms with van der Waals surface area (Å²) >= 11 is 12.8. The van der Waals surface area contributed by atoms with E-state index in [0.717, 1.165) is 15.6 Å². The molecular weight excluding hydrogens is 312 g/mol. The molecule has 1 aromatic carbocycles. The molecule has 2 rings (SSSR count). The molecule has 0 saturated carbocycles. The third kappa shape index (κ3) is 4.06. The first kappa shape index (κ1) is 15.0. The Morgan fingerprint density at radius 2 is 2.20 bits per heavy atom. The van der Waals surface area contributed by atoms with Crippen LogP contribution < -0.4 is 5.32 Å². The second-order valence-electron chi connectivity index (χ2n) is 4.13. The van der Waals surface area contributed by atoms with Crippen molar-refractivity contribution in [2.75, 3.05) is 19.4 Å². The van der Waals surface area contributed by atoms with Crippen molar-refractivity contribution in [2.24, 2.45) is 0 Å². The number of hydrogen-bond acceptors (Lipinski definition) is 4. The molecule has 104 valence electrons. The molecule has 0 spiro atoms. The van der Waals surface area contributed by atoms with Gasteiger partial charge in [-0.2, -0.15) is 0 Å². The van der Waals surface area contributed by atoms with E-state index in [1.165, 1.54) is 18.1 Å². The zero-order chi connectivity index (χ0) is 14.5. The summed E-state index contributed by atoms with van der Waals surface area (Å²) in [5, 5.41) is 5.09. The molecule has 0 atom stereocenters. The van der Waals surface area contributed by atoms with Crippen LogP contribution >= 0.6 is 35.6 Å². The SMILES string of the molecule is CN(C)C(=S)Nc1cccc(Sc2ncncc2Cl)c1. The molecule has 0 unspecified atom stereocenters. The van der Waals surface area contributed by atoms with Crippen molar-refractivity contribution in [3.8, 4) is 0 Å². The van der Waals surface area contributed by atoms with E-state index in [1.54, 1.807) is 6.20 Å². The molecule has 0 saturated heterocycles. The van der Waals surface area contributed by atoms with Crippen molar-refractivity contribution in [3.63, 3.8) is 0 Å². The smallest absolute Gasteiger partial charge is 0.172 e. The summed E-state index contributed by atoms with van der Waals surface area (Å²) in [5.74, 6) is 0. The number of rotatable bonds is 3. The van der Waals surface area contributed by atoms with E-state index >= 15 is 0 Å². The van der Waals surface area contributed by atoms with Gasteiger partial charge in [0.2, 0.25) is 0 Å². The van der Waals surface area contributed by atoms with E-state index in [-0.39, 0.29) is 0 Å². The minimum absolute atomic E-state index is 0.541. The number of nitrogens with zero attached hydrogens (tertiary/aromatic N) is 3. The fraction of sp³-hybridized carbons (Fsp3) is 0.154. The Bertz CT molecular complexity index is 619. The van der Waals surface area contributed by atoms with Gasteiger partial charge in [0, 0.05) is 24.7 Å². The molecule has 2 aromatic rings. The summed E-state index contributed by atoms with van der Waals surface area (Å²) in [6, 6.07) is 7.91. The van der Waals surface area contributed by atoms with Crippen LogP contribution in [0, 0.1) is 0 Å². The maximum atomic E-state index is 6.05. The first-order chi connectivity index (χ1) is 9.56. The zero-order valence-electron chi connectivity index (χ0n) is 11.0. The lowest BCUT2D eigenvalue weighted by Gasteiger charge is -2.15. The highest BCUT2D eigenvalue weighted by Crippen LogP contribution is 2.31. The Labute approximate surface area is 132 Å². The highest BCUT2D eigenvalue weighted by atomic mass is 35.5. The third-order valence-corrected chi connectivity index (χ3v) is 4.20. The van der Waals surface area contributed by atoms with Gasteiger partial charge in [-0.05, 0) is 30.4 Å². The zero-order valence-corrected chi connectivity index (χ0v) is 13.4. The van der Waals surface area contributed by atoms with E-state index in [0.29, 0.717) is 10.1 Å². The van der Waals surface area contributed by atoms with Gasteiger partial charge in [-0.15, -0.1) is 0 Å². The first-order valence-corrected chi connectivity index (χ1v) is 7.38. The number of benzene rings is 1. The molecular formula is C13H13ClN4S2. The van der Waals surface area contributed by atoms with Gasteiger partial charge in [0.05, 0.1) is 11.2 Å². The number of anilines is 1. The van der Waals surface area contributed by atoms with Crippen molar-refractivity contribution >= 4 is 46.4 Å². The first-order valence-electron chi connectivity index (χ1n) is 5.78. The average Bonchev–Trinajstić information content (AvgIpc) is 2.42. The van der Waals surface area contributed by atoms with Crippen molar-refractivity contribution < 1.29 is 0 Å². The van der Waals surface area contributed by atoms with Crippen molar-refractivity contribution in [2.45, 2.75) is 9.92 Å². The molecule has 1 heterocycles. The minimum Gasteiger partial charge on any atom is -0.355 e. The van der Waals surface area contributed by atoms with Gasteiger partial charge >= 0.3 is 0 Å². The van der Waals surface area contributed by atoms with Crippen LogP contribution in [0.5, 0.6) is 0 Å². The molecule has 20 heavy (non-hydrogen) atoms. The Kier molecular flexibility index (Phi) is 5.17. The molecule has 4 nitrogen and oxygen atoms in total. The van der Waals surface area contributed by atoms with Gasteiger partial charge in [0.25, 0.3) is 0 Å². The van der Waals surface area contributed by atoms with Crippen molar-refractivity contribution in [3.05, 3.63) is 41.8 Å². The number of aromatic nitrogens is 2. The largest absolute Gasteiger partial charge is 0.355 e. The van der Waals surface area contributed by atoms with E-state index in [2.05, 4.69) is 15.3 Å². The van der Waals surface area contributed by atoms with Gasteiger partial charge in [-0.3, -0.25) is 0 Å². The quantitative estimate of drug-likeness (QED) is 0.688. The Hall–Kier alpha value is -1.37. The van der Waals surface area contributed by atoms with Crippen LogP contribution in [0.25, 0.3) is 0 Å². The third-order valence-electron chi connectivity index (χ3n) is 2.34. The lowest BCUT2D eigenvalue weighted by Crippen LogP contribution is -2.26. The van der Waals surface area contributed by atoms with E-state index in [1.807, 2.05) is 43.3 Å². The second kappa shape index (κ2) is 6.88. The van der Waals surface area contributed by atoms with E-state index < -0.39 is 0 Å². The van der Waals surface area contributed by atoms with Gasteiger partial charge in [0.15, 0.2) is 5.11 Å². The Balaban J connectivity index is 2.14. The van der Waals surface area contributed by atoms with Crippen LogP contribution in [-0.2, 0) is 0 Å². The fourth-order valence-electron chi connectivity index (χ4n) is 1.36. The van der Waals surface area contributed by atoms with Gasteiger partial charge in [-0.25, -0.2) is 9.97 Å². The van der Waals surface area contributed by atoms with Crippen LogP contribution in [0.1, 0.15) is 0 Å². The highest BCUT2D eigenvalue weighted by Gasteiger charge is 2.06. The minimum atomic E-state index is 0.541. The number of hydrogen-bond donors (Lipinski definition) is 1. The summed E-state index contributed by atoms with van der Waals surface area (Å²) < 4.78 is 0. The van der Waals surface area contributed by atoms with Crippen molar-refractivity contribution in [1.29, 1.82) is 0 Å². The maximum Gasteiger partial charge on any atom is 0.172 e. The second-order valence-corrected chi connectivity index (χ2v) is 5.99. The molecule has 0 aliphatic rings. The summed E-state index contributed by atoms with van der Waals surface area (Å²) in [7, 11) is 3.79. The topological polar surface area (TPSA) is 41.0 Å². The van der Waals surface area contributed by atoms with E-state index in [4.69, 9.17) is 23.8 Å². The molecule has 0 radical (unpaired) electrons. The molecule has 0 bridgehead atoms. The maximum absolute atomic E-state index is 6.05. The molecule has 0 aliphatic carbocycles. The number of halogens is 1.